The lowest BCUT2D eigenvalue weighted by atomic mass is 10.0. The van der Waals surface area contributed by atoms with Gasteiger partial charge < -0.3 is 16.4 Å². The molecule has 1 fully saturated rings. The summed E-state index contributed by atoms with van der Waals surface area (Å²) >= 11 is 0.893. The first kappa shape index (κ1) is 25.7. The molecule has 0 saturated heterocycles. The van der Waals surface area contributed by atoms with Crippen LogP contribution in [-0.4, -0.2) is 47.3 Å². The third-order valence-corrected chi connectivity index (χ3v) is 7.38. The molecule has 3 aromatic rings. The molecule has 4 N–H and O–H groups in total. The Balaban J connectivity index is 1.38. The van der Waals surface area contributed by atoms with E-state index >= 15 is 0 Å². The topological polar surface area (TPSA) is 100 Å². The smallest absolute Gasteiger partial charge is 0.251 e. The van der Waals surface area contributed by atoms with Crippen molar-refractivity contribution in [1.82, 2.24) is 15.2 Å². The molecule has 0 aliphatic heterocycles. The zero-order valence-corrected chi connectivity index (χ0v) is 21.2. The molecule has 0 spiro atoms. The van der Waals surface area contributed by atoms with Gasteiger partial charge in [-0.15, -0.1) is 0 Å². The summed E-state index contributed by atoms with van der Waals surface area (Å²) in [6.45, 7) is 5.78. The predicted octanol–water partition coefficient (Wildman–Crippen LogP) is 4.83. The van der Waals surface area contributed by atoms with Crippen LogP contribution in [-0.2, 0) is 0 Å². The van der Waals surface area contributed by atoms with E-state index in [1.807, 2.05) is 0 Å². The van der Waals surface area contributed by atoms with E-state index in [4.69, 9.17) is 5.73 Å². The molecule has 2 aromatic carbocycles. The summed E-state index contributed by atoms with van der Waals surface area (Å²) in [5.74, 6) is -2.32. The number of ketones is 1. The van der Waals surface area contributed by atoms with Crippen molar-refractivity contribution >= 4 is 39.7 Å². The normalized spacial score (nSPS) is 13.6. The highest BCUT2D eigenvalue weighted by molar-refractivity contribution is 7.18. The van der Waals surface area contributed by atoms with Crippen molar-refractivity contribution in [1.29, 1.82) is 0 Å². The summed E-state index contributed by atoms with van der Waals surface area (Å²) in [4.78, 5) is 31.6. The van der Waals surface area contributed by atoms with Gasteiger partial charge >= 0.3 is 0 Å². The first-order chi connectivity index (χ1) is 17.0. The van der Waals surface area contributed by atoms with Gasteiger partial charge in [-0.3, -0.25) is 14.5 Å². The molecule has 7 nitrogen and oxygen atoms in total. The number of anilines is 3. The molecule has 190 valence electrons. The second-order valence-corrected chi connectivity index (χ2v) is 10.7. The summed E-state index contributed by atoms with van der Waals surface area (Å²) in [6, 6.07) is 9.97. The average molecular weight is 514 g/mol. The van der Waals surface area contributed by atoms with Crippen LogP contribution in [0.25, 0.3) is 0 Å². The first-order valence-corrected chi connectivity index (χ1v) is 12.5. The Hall–Kier alpha value is -3.37. The second-order valence-electron chi connectivity index (χ2n) is 9.68. The number of benzene rings is 2. The number of carbonyl (C=O) groups excluding carboxylic acids is 2. The highest BCUT2D eigenvalue weighted by Gasteiger charge is 2.30. The van der Waals surface area contributed by atoms with E-state index in [1.54, 1.807) is 24.3 Å². The van der Waals surface area contributed by atoms with E-state index in [0.717, 1.165) is 35.9 Å². The molecule has 1 heterocycles. The number of nitrogen functional groups attached to an aromatic ring is 1. The van der Waals surface area contributed by atoms with Crippen molar-refractivity contribution in [3.8, 4) is 0 Å². The third kappa shape index (κ3) is 5.88. The second kappa shape index (κ2) is 10.3. The monoisotopic (exact) mass is 513 g/mol. The van der Waals surface area contributed by atoms with Gasteiger partial charge in [0.15, 0.2) is 5.13 Å². The van der Waals surface area contributed by atoms with Crippen LogP contribution in [0.15, 0.2) is 42.5 Å². The van der Waals surface area contributed by atoms with E-state index in [2.05, 4.69) is 41.4 Å². The van der Waals surface area contributed by atoms with E-state index in [-0.39, 0.29) is 27.3 Å². The van der Waals surface area contributed by atoms with Crippen LogP contribution in [0.4, 0.5) is 25.4 Å². The molecule has 0 radical (unpaired) electrons. The SMILES string of the molecule is CN(CC1CC1)C(C)(C)CNC(=O)c1ccc(Nc2nc(N)c(C(=O)c3c(F)cccc3F)s2)cc1. The van der Waals surface area contributed by atoms with Crippen molar-refractivity contribution in [2.75, 3.05) is 31.2 Å². The van der Waals surface area contributed by atoms with Gasteiger partial charge in [-0.05, 0) is 76.1 Å². The van der Waals surface area contributed by atoms with Gasteiger partial charge in [0.05, 0.1) is 5.56 Å². The van der Waals surface area contributed by atoms with Gasteiger partial charge in [0.2, 0.25) is 5.78 Å². The van der Waals surface area contributed by atoms with Crippen LogP contribution in [0.5, 0.6) is 0 Å². The average Bonchev–Trinajstić information content (AvgIpc) is 3.57. The summed E-state index contributed by atoms with van der Waals surface area (Å²) < 4.78 is 28.0. The Bertz CT molecular complexity index is 1250. The van der Waals surface area contributed by atoms with Crippen molar-refractivity contribution in [3.05, 3.63) is 70.1 Å². The molecule has 1 aromatic heterocycles. The molecule has 1 saturated carbocycles. The van der Waals surface area contributed by atoms with Crippen molar-refractivity contribution in [2.24, 2.45) is 5.92 Å². The first-order valence-electron chi connectivity index (χ1n) is 11.7. The third-order valence-electron chi connectivity index (χ3n) is 6.39. The zero-order chi connectivity index (χ0) is 26.0. The van der Waals surface area contributed by atoms with Crippen LogP contribution in [0.2, 0.25) is 0 Å². The number of hydrogen-bond donors (Lipinski definition) is 3. The maximum absolute atomic E-state index is 14.0. The molecule has 36 heavy (non-hydrogen) atoms. The minimum Gasteiger partial charge on any atom is -0.382 e. The zero-order valence-electron chi connectivity index (χ0n) is 20.4. The number of likely N-dealkylation sites (N-methyl/N-ethyl adjacent to an activating group) is 1. The van der Waals surface area contributed by atoms with Gasteiger partial charge in [-0.25, -0.2) is 13.8 Å². The van der Waals surface area contributed by atoms with E-state index < -0.39 is 23.0 Å². The fraction of sp³-hybridized carbons (Fsp3) is 0.346. The van der Waals surface area contributed by atoms with Gasteiger partial charge in [0.1, 0.15) is 22.3 Å². The van der Waals surface area contributed by atoms with Gasteiger partial charge in [-0.2, -0.15) is 0 Å². The highest BCUT2D eigenvalue weighted by atomic mass is 32.1. The summed E-state index contributed by atoms with van der Waals surface area (Å²) in [7, 11) is 2.09. The van der Waals surface area contributed by atoms with E-state index in [9.17, 15) is 18.4 Å². The standard InChI is InChI=1S/C26H29F2N5O2S/c1-26(2,33(3)13-15-7-8-15)14-30-24(35)16-9-11-17(12-10-16)31-25-32-23(29)22(36-25)21(34)20-18(27)5-4-6-19(20)28/h4-6,9-12,15H,7-8,13-14,29H2,1-3H3,(H,30,35)(H,31,32). The molecular formula is C26H29F2N5O2S. The lowest BCUT2D eigenvalue weighted by molar-refractivity contribution is 0.0899. The molecule has 10 heteroatoms. The predicted molar refractivity (Wildman–Crippen MR) is 138 cm³/mol. The van der Waals surface area contributed by atoms with Crippen molar-refractivity contribution in [3.63, 3.8) is 0 Å². The number of carbonyl (C=O) groups is 2. The minimum absolute atomic E-state index is 0.0632. The molecular weight excluding hydrogens is 484 g/mol. The molecule has 0 unspecified atom stereocenters. The van der Waals surface area contributed by atoms with Gasteiger partial charge in [0.25, 0.3) is 5.91 Å². The lowest BCUT2D eigenvalue weighted by Crippen LogP contribution is -2.50. The highest BCUT2D eigenvalue weighted by Crippen LogP contribution is 2.32. The summed E-state index contributed by atoms with van der Waals surface area (Å²) in [6.07, 6.45) is 2.56. The number of thiazole rings is 1. The maximum atomic E-state index is 14.0. The quantitative estimate of drug-likeness (QED) is 0.336. The Morgan fingerprint density at radius 1 is 1.14 bits per heavy atom. The van der Waals surface area contributed by atoms with E-state index in [1.165, 1.54) is 18.9 Å². The minimum atomic E-state index is -0.964. The van der Waals surface area contributed by atoms with Crippen LogP contribution in [0.3, 0.4) is 0 Å². The van der Waals surface area contributed by atoms with Crippen molar-refractivity contribution in [2.45, 2.75) is 32.2 Å². The molecule has 0 bridgehead atoms. The number of nitrogens with two attached hydrogens (primary N) is 1. The largest absolute Gasteiger partial charge is 0.382 e. The number of amides is 1. The Kier molecular flexibility index (Phi) is 7.37. The Morgan fingerprint density at radius 2 is 1.78 bits per heavy atom. The van der Waals surface area contributed by atoms with Crippen LogP contribution in [0.1, 0.15) is 52.3 Å². The number of halogens is 2. The van der Waals surface area contributed by atoms with Crippen LogP contribution >= 0.6 is 11.3 Å². The van der Waals surface area contributed by atoms with Crippen LogP contribution in [0, 0.1) is 17.6 Å². The molecule has 0 atom stereocenters. The molecule has 4 rings (SSSR count). The lowest BCUT2D eigenvalue weighted by Gasteiger charge is -2.36. The number of nitrogens with one attached hydrogen (secondary N) is 2. The fourth-order valence-electron chi connectivity index (χ4n) is 3.67. The fourth-order valence-corrected chi connectivity index (χ4v) is 4.52. The number of nitrogens with zero attached hydrogens (tertiary/aromatic N) is 2. The number of rotatable bonds is 10. The number of hydrogen-bond acceptors (Lipinski definition) is 7. The van der Waals surface area contributed by atoms with Crippen LogP contribution < -0.4 is 16.4 Å². The molecule has 1 aliphatic carbocycles. The van der Waals surface area contributed by atoms with Crippen molar-refractivity contribution < 1.29 is 18.4 Å². The van der Waals surface area contributed by atoms with Gasteiger partial charge in [0, 0.05) is 29.9 Å². The maximum Gasteiger partial charge on any atom is 0.251 e. The van der Waals surface area contributed by atoms with Gasteiger partial charge in [-0.1, -0.05) is 17.4 Å². The number of aromatic nitrogens is 1. The summed E-state index contributed by atoms with van der Waals surface area (Å²) in [5.41, 5.74) is 6.14. The Labute approximate surface area is 212 Å². The summed E-state index contributed by atoms with van der Waals surface area (Å²) in [5, 5.41) is 6.30. The molecule has 1 amide bonds. The molecule has 1 aliphatic rings. The van der Waals surface area contributed by atoms with E-state index in [0.29, 0.717) is 17.8 Å². The Morgan fingerprint density at radius 3 is 2.39 bits per heavy atom.